The Bertz CT molecular complexity index is 1600. The summed E-state index contributed by atoms with van der Waals surface area (Å²) in [6.07, 6.45) is 4.52. The summed E-state index contributed by atoms with van der Waals surface area (Å²) < 4.78 is 58.5. The smallest absolute Gasteiger partial charge is 0.265 e. The van der Waals surface area contributed by atoms with Gasteiger partial charge in [0.25, 0.3) is 5.91 Å². The zero-order valence-corrected chi connectivity index (χ0v) is 21.8. The second kappa shape index (κ2) is 10.8. The molecule has 1 amide bonds. The number of carbonyl (C=O) groups excluding carboxylic acids is 1. The van der Waals surface area contributed by atoms with E-state index in [1.54, 1.807) is 13.0 Å². The van der Waals surface area contributed by atoms with Crippen molar-refractivity contribution in [2.45, 2.75) is 13.5 Å². The average Bonchev–Trinajstić information content (AvgIpc) is 3.18. The van der Waals surface area contributed by atoms with Crippen LogP contribution in [0.5, 0.6) is 5.75 Å². The van der Waals surface area contributed by atoms with Gasteiger partial charge in [-0.25, -0.2) is 22.2 Å². The minimum absolute atomic E-state index is 0.0714. The highest BCUT2D eigenvalue weighted by molar-refractivity contribution is 7.92. The van der Waals surface area contributed by atoms with Crippen LogP contribution >= 0.6 is 22.9 Å². The molecule has 0 saturated carbocycles. The van der Waals surface area contributed by atoms with E-state index in [1.807, 2.05) is 0 Å². The fraction of sp³-hybridized carbons (Fsp3) is 0.125. The monoisotopic (exact) mass is 564 g/mol. The van der Waals surface area contributed by atoms with Crippen molar-refractivity contribution in [3.8, 4) is 17.0 Å². The Kier molecular flexibility index (Phi) is 7.71. The van der Waals surface area contributed by atoms with Gasteiger partial charge in [-0.2, -0.15) is 0 Å². The van der Waals surface area contributed by atoms with E-state index in [1.165, 1.54) is 41.8 Å². The van der Waals surface area contributed by atoms with Crippen LogP contribution in [0.1, 0.15) is 20.1 Å². The first kappa shape index (κ1) is 26.5. The summed E-state index contributed by atoms with van der Waals surface area (Å²) in [6, 6.07) is 8.32. The lowest BCUT2D eigenvalue weighted by molar-refractivity contribution is 0.103. The number of pyridine rings is 2. The molecular weight excluding hydrogens is 546 g/mol. The number of carbonyl (C=O) groups is 1. The van der Waals surface area contributed by atoms with Crippen LogP contribution in [-0.2, 0) is 16.6 Å². The molecule has 13 heteroatoms. The number of hydrogen-bond donors (Lipinski definition) is 2. The first-order valence-electron chi connectivity index (χ1n) is 10.5. The molecule has 3 aromatic heterocycles. The fourth-order valence-electron chi connectivity index (χ4n) is 3.39. The molecule has 0 fully saturated rings. The van der Waals surface area contributed by atoms with Crippen LogP contribution in [-0.4, -0.2) is 30.5 Å². The van der Waals surface area contributed by atoms with Gasteiger partial charge in [0.1, 0.15) is 29.7 Å². The molecule has 0 spiro atoms. The van der Waals surface area contributed by atoms with Gasteiger partial charge >= 0.3 is 0 Å². The van der Waals surface area contributed by atoms with Crippen molar-refractivity contribution in [2.24, 2.45) is 0 Å². The third kappa shape index (κ3) is 7.00. The molecule has 4 aromatic rings. The molecule has 0 unspecified atom stereocenters. The predicted octanol–water partition coefficient (Wildman–Crippen LogP) is 5.65. The maximum Gasteiger partial charge on any atom is 0.265 e. The zero-order chi connectivity index (χ0) is 26.7. The number of benzene rings is 1. The first-order valence-corrected chi connectivity index (χ1v) is 13.6. The number of ether oxygens (including phenoxy) is 1. The van der Waals surface area contributed by atoms with Crippen LogP contribution in [0.2, 0.25) is 5.02 Å². The number of sulfonamides is 1. The van der Waals surface area contributed by atoms with Gasteiger partial charge in [0.15, 0.2) is 0 Å². The van der Waals surface area contributed by atoms with E-state index in [0.717, 1.165) is 24.7 Å². The van der Waals surface area contributed by atoms with Crippen molar-refractivity contribution < 1.29 is 26.7 Å². The van der Waals surface area contributed by atoms with Crippen molar-refractivity contribution in [3.05, 3.63) is 87.0 Å². The third-order valence-electron chi connectivity index (χ3n) is 4.83. The van der Waals surface area contributed by atoms with Crippen molar-refractivity contribution in [2.75, 3.05) is 16.3 Å². The zero-order valence-electron chi connectivity index (χ0n) is 19.4. The Labute approximate surface area is 220 Å². The maximum absolute atomic E-state index is 14.0. The number of nitrogens with zero attached hydrogens (tertiary/aromatic N) is 2. The summed E-state index contributed by atoms with van der Waals surface area (Å²) in [5, 5.41) is 2.91. The average molecular weight is 565 g/mol. The van der Waals surface area contributed by atoms with Gasteiger partial charge in [0, 0.05) is 39.0 Å². The van der Waals surface area contributed by atoms with E-state index in [9.17, 15) is 22.0 Å². The highest BCUT2D eigenvalue weighted by Gasteiger charge is 2.19. The lowest BCUT2D eigenvalue weighted by Gasteiger charge is -2.11. The van der Waals surface area contributed by atoms with Crippen molar-refractivity contribution in [1.82, 2.24) is 9.97 Å². The molecular formula is C24H19ClF2N4O4S2. The van der Waals surface area contributed by atoms with E-state index >= 15 is 0 Å². The molecule has 0 bridgehead atoms. The molecule has 37 heavy (non-hydrogen) atoms. The second-order valence-electron chi connectivity index (χ2n) is 7.94. The Hall–Kier alpha value is -3.61. The number of rotatable bonds is 8. The number of halogens is 3. The summed E-state index contributed by atoms with van der Waals surface area (Å²) in [5.41, 5.74) is 1.78. The highest BCUT2D eigenvalue weighted by Crippen LogP contribution is 2.36. The molecule has 8 nitrogen and oxygen atoms in total. The van der Waals surface area contributed by atoms with E-state index in [4.69, 9.17) is 16.3 Å². The fourth-order valence-corrected chi connectivity index (χ4v) is 5.08. The second-order valence-corrected chi connectivity index (χ2v) is 11.4. The van der Waals surface area contributed by atoms with Gasteiger partial charge in [-0.05, 0) is 37.3 Å². The summed E-state index contributed by atoms with van der Waals surface area (Å²) >= 11 is 7.25. The van der Waals surface area contributed by atoms with E-state index < -0.39 is 27.6 Å². The van der Waals surface area contributed by atoms with Gasteiger partial charge in [0.2, 0.25) is 10.0 Å². The molecule has 0 aliphatic carbocycles. The largest absolute Gasteiger partial charge is 0.486 e. The maximum atomic E-state index is 14.0. The van der Waals surface area contributed by atoms with Crippen molar-refractivity contribution in [1.29, 1.82) is 0 Å². The summed E-state index contributed by atoms with van der Waals surface area (Å²) in [7, 11) is -3.54. The molecule has 0 radical (unpaired) electrons. The van der Waals surface area contributed by atoms with Crippen LogP contribution in [0, 0.1) is 18.6 Å². The molecule has 4 rings (SSSR count). The van der Waals surface area contributed by atoms with Crippen molar-refractivity contribution in [3.63, 3.8) is 0 Å². The molecule has 3 heterocycles. The molecule has 0 aliphatic heterocycles. The molecule has 192 valence electrons. The Balaban J connectivity index is 1.58. The predicted molar refractivity (Wildman–Crippen MR) is 139 cm³/mol. The minimum atomic E-state index is -3.54. The van der Waals surface area contributed by atoms with Crippen LogP contribution in [0.15, 0.2) is 55.0 Å². The third-order valence-corrected chi connectivity index (χ3v) is 6.70. The number of aryl methyl sites for hydroxylation is 1. The van der Waals surface area contributed by atoms with Crippen molar-refractivity contribution >= 4 is 50.2 Å². The van der Waals surface area contributed by atoms with Crippen LogP contribution in [0.25, 0.3) is 11.3 Å². The van der Waals surface area contributed by atoms with Crippen LogP contribution < -0.4 is 14.8 Å². The van der Waals surface area contributed by atoms with Gasteiger partial charge in [-0.15, -0.1) is 11.3 Å². The molecule has 1 aromatic carbocycles. The Morgan fingerprint density at radius 1 is 1.05 bits per heavy atom. The van der Waals surface area contributed by atoms with Gasteiger partial charge in [-0.3, -0.25) is 14.5 Å². The summed E-state index contributed by atoms with van der Waals surface area (Å²) in [5.74, 6) is -1.51. The topological polar surface area (TPSA) is 110 Å². The molecule has 0 atom stereocenters. The molecule has 0 saturated heterocycles. The lowest BCUT2D eigenvalue weighted by Crippen LogP contribution is -2.12. The summed E-state index contributed by atoms with van der Waals surface area (Å²) in [4.78, 5) is 21.9. The number of aromatic nitrogens is 2. The van der Waals surface area contributed by atoms with E-state index in [2.05, 4.69) is 20.0 Å². The van der Waals surface area contributed by atoms with E-state index in [-0.39, 0.29) is 28.8 Å². The lowest BCUT2D eigenvalue weighted by atomic mass is 10.1. The molecule has 2 N–H and O–H groups in total. The number of thiophene rings is 1. The number of nitrogens with one attached hydrogen (secondary N) is 2. The number of hydrogen-bond acceptors (Lipinski definition) is 7. The van der Waals surface area contributed by atoms with Gasteiger partial charge < -0.3 is 10.1 Å². The normalized spacial score (nSPS) is 11.3. The van der Waals surface area contributed by atoms with E-state index in [0.29, 0.717) is 26.6 Å². The van der Waals surface area contributed by atoms with Gasteiger partial charge in [-0.1, -0.05) is 11.6 Å². The van der Waals surface area contributed by atoms with Crippen LogP contribution in [0.4, 0.5) is 20.2 Å². The number of anilines is 2. The van der Waals surface area contributed by atoms with Crippen LogP contribution in [0.3, 0.4) is 0 Å². The first-order chi connectivity index (χ1) is 17.5. The minimum Gasteiger partial charge on any atom is -0.486 e. The quantitative estimate of drug-likeness (QED) is 0.286. The Morgan fingerprint density at radius 3 is 2.51 bits per heavy atom. The van der Waals surface area contributed by atoms with Gasteiger partial charge in [0.05, 0.1) is 29.2 Å². The Morgan fingerprint density at radius 2 is 1.78 bits per heavy atom. The summed E-state index contributed by atoms with van der Waals surface area (Å²) in [6.45, 7) is 1.70. The number of amides is 1. The SMILES string of the molecule is Cc1sc(C(=O)Nc2cc(Cl)cc(NS(C)(=O)=O)c2)cc1-c1ncc(F)cc1OCc1cncc(F)c1. The highest BCUT2D eigenvalue weighted by atomic mass is 35.5. The standard InChI is InChI=1S/C24H19ClF2N4O4S2/c1-13-20(23-21(6-17(27)11-29-23)35-12-14-3-16(26)10-28-9-14)8-22(36-13)24(32)30-18-4-15(25)5-19(7-18)31-37(2,33)34/h3-11,31H,12H2,1-2H3,(H,30,32). The molecule has 0 aliphatic rings.